The summed E-state index contributed by atoms with van der Waals surface area (Å²) in [6.07, 6.45) is 3.80. The van der Waals surface area contributed by atoms with Crippen LogP contribution >= 0.6 is 0 Å². The highest BCUT2D eigenvalue weighted by atomic mass is 19.1. The van der Waals surface area contributed by atoms with Gasteiger partial charge in [0, 0.05) is 24.7 Å². The molecular weight excluding hydrogens is 327 g/mol. The SMILES string of the molecule is C[C@@H](Cc1ccc(F)cc1)N1CC[C@]2(CCc3ccccc3C(=O)N2)C1. The fourth-order valence-corrected chi connectivity index (χ4v) is 4.38. The molecule has 3 nitrogen and oxygen atoms in total. The number of amides is 1. The minimum atomic E-state index is -0.192. The summed E-state index contributed by atoms with van der Waals surface area (Å²) in [6, 6.07) is 15.1. The first-order valence-electron chi connectivity index (χ1n) is 9.44. The molecule has 1 fully saturated rings. The highest BCUT2D eigenvalue weighted by molar-refractivity contribution is 5.96. The number of halogens is 1. The molecule has 2 heterocycles. The molecule has 136 valence electrons. The first-order valence-corrected chi connectivity index (χ1v) is 9.44. The summed E-state index contributed by atoms with van der Waals surface area (Å²) in [5, 5.41) is 3.34. The quantitative estimate of drug-likeness (QED) is 0.916. The Hall–Kier alpha value is -2.20. The number of likely N-dealkylation sites (tertiary alicyclic amines) is 1. The number of nitrogens with one attached hydrogen (secondary N) is 1. The smallest absolute Gasteiger partial charge is 0.252 e. The summed E-state index contributed by atoms with van der Waals surface area (Å²) in [5.74, 6) is -0.131. The molecule has 0 bridgehead atoms. The first-order chi connectivity index (χ1) is 12.5. The molecule has 2 aliphatic heterocycles. The number of benzene rings is 2. The summed E-state index contributed by atoms with van der Waals surface area (Å²) in [4.78, 5) is 15.2. The molecule has 0 radical (unpaired) electrons. The van der Waals surface area contributed by atoms with Gasteiger partial charge in [-0.25, -0.2) is 4.39 Å². The van der Waals surface area contributed by atoms with E-state index in [0.717, 1.165) is 55.5 Å². The molecule has 0 aliphatic carbocycles. The van der Waals surface area contributed by atoms with E-state index in [-0.39, 0.29) is 17.3 Å². The maximum atomic E-state index is 13.1. The number of aryl methyl sites for hydroxylation is 1. The van der Waals surface area contributed by atoms with Gasteiger partial charge in [-0.1, -0.05) is 30.3 Å². The number of carbonyl (C=O) groups is 1. The Balaban J connectivity index is 1.44. The lowest BCUT2D eigenvalue weighted by atomic mass is 9.91. The molecule has 0 saturated carbocycles. The van der Waals surface area contributed by atoms with Crippen LogP contribution in [-0.4, -0.2) is 35.5 Å². The lowest BCUT2D eigenvalue weighted by molar-refractivity contribution is 0.0899. The van der Waals surface area contributed by atoms with Crippen molar-refractivity contribution >= 4 is 5.91 Å². The Morgan fingerprint density at radius 1 is 1.15 bits per heavy atom. The van der Waals surface area contributed by atoms with Gasteiger partial charge in [-0.2, -0.15) is 0 Å². The molecule has 2 aromatic carbocycles. The van der Waals surface area contributed by atoms with Crippen molar-refractivity contribution < 1.29 is 9.18 Å². The third kappa shape index (κ3) is 3.38. The van der Waals surface area contributed by atoms with Gasteiger partial charge < -0.3 is 5.32 Å². The van der Waals surface area contributed by atoms with Crippen LogP contribution in [0.3, 0.4) is 0 Å². The molecule has 1 saturated heterocycles. The molecule has 4 rings (SSSR count). The predicted octanol–water partition coefficient (Wildman–Crippen LogP) is 3.58. The third-order valence-corrected chi connectivity index (χ3v) is 5.96. The van der Waals surface area contributed by atoms with Crippen LogP contribution in [0, 0.1) is 5.82 Å². The monoisotopic (exact) mass is 352 g/mol. The van der Waals surface area contributed by atoms with E-state index in [9.17, 15) is 9.18 Å². The molecule has 26 heavy (non-hydrogen) atoms. The fraction of sp³-hybridized carbons (Fsp3) is 0.409. The van der Waals surface area contributed by atoms with Crippen molar-refractivity contribution in [1.82, 2.24) is 10.2 Å². The standard InChI is InChI=1S/C22H25FN2O/c1-16(14-17-6-8-19(23)9-7-17)25-13-12-22(15-25)11-10-18-4-2-3-5-20(18)21(26)24-22/h2-9,16H,10-15H2,1H3,(H,24,26)/t16-,22+/m0/s1. The van der Waals surface area contributed by atoms with Crippen LogP contribution < -0.4 is 5.32 Å². The van der Waals surface area contributed by atoms with Crippen molar-refractivity contribution in [3.05, 3.63) is 71.0 Å². The van der Waals surface area contributed by atoms with E-state index >= 15 is 0 Å². The van der Waals surface area contributed by atoms with E-state index in [1.165, 1.54) is 12.1 Å². The van der Waals surface area contributed by atoms with Gasteiger partial charge in [-0.05, 0) is 61.9 Å². The molecule has 2 aromatic rings. The van der Waals surface area contributed by atoms with E-state index in [1.807, 2.05) is 30.3 Å². The van der Waals surface area contributed by atoms with E-state index in [1.54, 1.807) is 0 Å². The lowest BCUT2D eigenvalue weighted by Crippen LogP contribution is -2.50. The van der Waals surface area contributed by atoms with Crippen molar-refractivity contribution in [3.63, 3.8) is 0 Å². The molecule has 2 atom stereocenters. The summed E-state index contributed by atoms with van der Waals surface area (Å²) >= 11 is 0. The Bertz CT molecular complexity index is 804. The lowest BCUT2D eigenvalue weighted by Gasteiger charge is -2.31. The second-order valence-corrected chi connectivity index (χ2v) is 7.79. The highest BCUT2D eigenvalue weighted by Gasteiger charge is 2.42. The number of carbonyl (C=O) groups excluding carboxylic acids is 1. The van der Waals surface area contributed by atoms with Gasteiger partial charge >= 0.3 is 0 Å². The number of hydrogen-bond donors (Lipinski definition) is 1. The Morgan fingerprint density at radius 2 is 1.92 bits per heavy atom. The summed E-state index contributed by atoms with van der Waals surface area (Å²) in [6.45, 7) is 4.09. The Labute approximate surface area is 154 Å². The second-order valence-electron chi connectivity index (χ2n) is 7.79. The van der Waals surface area contributed by atoms with Gasteiger partial charge in [-0.3, -0.25) is 9.69 Å². The van der Waals surface area contributed by atoms with Crippen LogP contribution in [0.2, 0.25) is 0 Å². The molecule has 1 spiro atoms. The van der Waals surface area contributed by atoms with Crippen molar-refractivity contribution in [2.75, 3.05) is 13.1 Å². The maximum absolute atomic E-state index is 13.1. The van der Waals surface area contributed by atoms with Gasteiger partial charge in [0.1, 0.15) is 5.82 Å². The van der Waals surface area contributed by atoms with Crippen LogP contribution in [0.25, 0.3) is 0 Å². The largest absolute Gasteiger partial charge is 0.345 e. The maximum Gasteiger partial charge on any atom is 0.252 e. The second kappa shape index (κ2) is 6.84. The molecule has 2 aliphatic rings. The van der Waals surface area contributed by atoms with Crippen LogP contribution in [0.5, 0.6) is 0 Å². The average molecular weight is 352 g/mol. The van der Waals surface area contributed by atoms with E-state index in [4.69, 9.17) is 0 Å². The van der Waals surface area contributed by atoms with E-state index in [2.05, 4.69) is 23.2 Å². The third-order valence-electron chi connectivity index (χ3n) is 5.96. The number of hydrogen-bond acceptors (Lipinski definition) is 2. The zero-order valence-corrected chi connectivity index (χ0v) is 15.2. The highest BCUT2D eigenvalue weighted by Crippen LogP contribution is 2.32. The molecule has 1 amide bonds. The van der Waals surface area contributed by atoms with E-state index < -0.39 is 0 Å². The van der Waals surface area contributed by atoms with Crippen molar-refractivity contribution in [3.8, 4) is 0 Å². The first kappa shape index (κ1) is 17.2. The van der Waals surface area contributed by atoms with Crippen molar-refractivity contribution in [1.29, 1.82) is 0 Å². The van der Waals surface area contributed by atoms with Crippen LogP contribution in [0.15, 0.2) is 48.5 Å². The zero-order valence-electron chi connectivity index (χ0n) is 15.2. The molecule has 0 unspecified atom stereocenters. The Morgan fingerprint density at radius 3 is 2.73 bits per heavy atom. The topological polar surface area (TPSA) is 32.3 Å². The van der Waals surface area contributed by atoms with Gasteiger partial charge in [0.05, 0.1) is 5.54 Å². The normalized spacial score (nSPS) is 24.2. The number of fused-ring (bicyclic) bond motifs is 1. The number of nitrogens with zero attached hydrogens (tertiary/aromatic N) is 1. The van der Waals surface area contributed by atoms with Gasteiger partial charge in [0.15, 0.2) is 0 Å². The van der Waals surface area contributed by atoms with Gasteiger partial charge in [-0.15, -0.1) is 0 Å². The zero-order chi connectivity index (χ0) is 18.1. The number of rotatable bonds is 3. The molecular formula is C22H25FN2O. The van der Waals surface area contributed by atoms with E-state index in [0.29, 0.717) is 6.04 Å². The Kier molecular flexibility index (Phi) is 4.53. The molecule has 1 N–H and O–H groups in total. The molecule has 0 aromatic heterocycles. The predicted molar refractivity (Wildman–Crippen MR) is 101 cm³/mol. The van der Waals surface area contributed by atoms with Crippen molar-refractivity contribution in [2.24, 2.45) is 0 Å². The van der Waals surface area contributed by atoms with Crippen LogP contribution in [0.1, 0.15) is 41.3 Å². The average Bonchev–Trinajstić information content (AvgIpc) is 3.00. The van der Waals surface area contributed by atoms with Gasteiger partial charge in [0.25, 0.3) is 5.91 Å². The minimum absolute atomic E-state index is 0.0612. The summed E-state index contributed by atoms with van der Waals surface area (Å²) in [7, 11) is 0. The minimum Gasteiger partial charge on any atom is -0.345 e. The summed E-state index contributed by atoms with van der Waals surface area (Å²) < 4.78 is 13.1. The van der Waals surface area contributed by atoms with Gasteiger partial charge in [0.2, 0.25) is 0 Å². The fourth-order valence-electron chi connectivity index (χ4n) is 4.38. The van der Waals surface area contributed by atoms with Crippen molar-refractivity contribution in [2.45, 2.75) is 44.2 Å². The summed E-state index contributed by atoms with van der Waals surface area (Å²) in [5.41, 5.74) is 2.99. The van der Waals surface area contributed by atoms with Crippen LogP contribution in [-0.2, 0) is 12.8 Å². The molecule has 4 heteroatoms. The van der Waals surface area contributed by atoms with Crippen LogP contribution in [0.4, 0.5) is 4.39 Å².